The van der Waals surface area contributed by atoms with Gasteiger partial charge in [0.15, 0.2) is 0 Å². The first-order valence-corrected chi connectivity index (χ1v) is 7.22. The van der Waals surface area contributed by atoms with Gasteiger partial charge in [0, 0.05) is 6.54 Å². The number of aliphatic hydroxyl groups excluding tert-OH is 1. The van der Waals surface area contributed by atoms with Crippen LogP contribution in [-0.2, 0) is 6.54 Å². The molecule has 0 aliphatic heterocycles. The van der Waals surface area contributed by atoms with Crippen LogP contribution in [0.25, 0.3) is 0 Å². The monoisotopic (exact) mass is 272 g/mol. The van der Waals surface area contributed by atoms with Gasteiger partial charge in [-0.15, -0.1) is 0 Å². The molecule has 0 spiro atoms. The minimum atomic E-state index is -0.660. The molecule has 1 saturated carbocycles. The third kappa shape index (κ3) is 2.85. The van der Waals surface area contributed by atoms with Crippen LogP contribution in [0.5, 0.6) is 5.75 Å². The van der Waals surface area contributed by atoms with Crippen molar-refractivity contribution in [1.29, 1.82) is 0 Å². The van der Waals surface area contributed by atoms with Crippen molar-refractivity contribution in [3.05, 3.63) is 48.0 Å². The molecule has 1 fully saturated rings. The van der Waals surface area contributed by atoms with Gasteiger partial charge in [-0.05, 0) is 37.0 Å². The average Bonchev–Trinajstić information content (AvgIpc) is 3.15. The van der Waals surface area contributed by atoms with E-state index in [4.69, 9.17) is 4.74 Å². The lowest BCUT2D eigenvalue weighted by atomic mass is 10.1. The standard InChI is InChI=1S/C16H20N2O2/c1-2-8-18-11-17-10-15(18)16(19)12-4-3-5-14(9-12)20-13-6-7-13/h3-5,9-11,13,16,19H,2,6-8H2,1H3. The third-order valence-electron chi connectivity index (χ3n) is 3.49. The Labute approximate surface area is 119 Å². The van der Waals surface area contributed by atoms with E-state index in [2.05, 4.69) is 11.9 Å². The van der Waals surface area contributed by atoms with Gasteiger partial charge in [0.1, 0.15) is 11.9 Å². The van der Waals surface area contributed by atoms with Crippen molar-refractivity contribution in [2.24, 2.45) is 0 Å². The zero-order valence-electron chi connectivity index (χ0n) is 11.7. The Hall–Kier alpha value is -1.81. The Morgan fingerprint density at radius 1 is 1.45 bits per heavy atom. The molecule has 1 heterocycles. The molecular weight excluding hydrogens is 252 g/mol. The predicted molar refractivity (Wildman–Crippen MR) is 76.7 cm³/mol. The summed E-state index contributed by atoms with van der Waals surface area (Å²) in [5, 5.41) is 10.5. The van der Waals surface area contributed by atoms with Crippen molar-refractivity contribution >= 4 is 0 Å². The highest BCUT2D eigenvalue weighted by molar-refractivity contribution is 5.33. The number of imidazole rings is 1. The molecule has 1 aliphatic rings. The predicted octanol–water partition coefficient (Wildman–Crippen LogP) is 2.92. The number of ether oxygens (including phenoxy) is 1. The summed E-state index contributed by atoms with van der Waals surface area (Å²) in [5.74, 6) is 0.839. The summed E-state index contributed by atoms with van der Waals surface area (Å²) in [6.45, 7) is 2.98. The fourth-order valence-corrected chi connectivity index (χ4v) is 2.29. The highest BCUT2D eigenvalue weighted by atomic mass is 16.5. The number of hydrogen-bond acceptors (Lipinski definition) is 3. The molecule has 1 atom stereocenters. The van der Waals surface area contributed by atoms with Gasteiger partial charge in [-0.1, -0.05) is 19.1 Å². The normalized spacial score (nSPS) is 16.1. The van der Waals surface area contributed by atoms with E-state index in [9.17, 15) is 5.11 Å². The largest absolute Gasteiger partial charge is 0.490 e. The van der Waals surface area contributed by atoms with Gasteiger partial charge in [-0.3, -0.25) is 0 Å². The van der Waals surface area contributed by atoms with Crippen LogP contribution < -0.4 is 4.74 Å². The summed E-state index contributed by atoms with van der Waals surface area (Å²) in [6, 6.07) is 7.72. The number of rotatable bonds is 6. The summed E-state index contributed by atoms with van der Waals surface area (Å²) in [7, 11) is 0. The summed E-state index contributed by atoms with van der Waals surface area (Å²) in [6.07, 6.45) is 6.49. The smallest absolute Gasteiger partial charge is 0.121 e. The van der Waals surface area contributed by atoms with E-state index >= 15 is 0 Å². The Morgan fingerprint density at radius 2 is 2.30 bits per heavy atom. The number of hydrogen-bond donors (Lipinski definition) is 1. The second-order valence-corrected chi connectivity index (χ2v) is 5.30. The Balaban J connectivity index is 1.81. The highest BCUT2D eigenvalue weighted by Crippen LogP contribution is 2.29. The minimum Gasteiger partial charge on any atom is -0.490 e. The van der Waals surface area contributed by atoms with E-state index in [0.717, 1.165) is 42.8 Å². The van der Waals surface area contributed by atoms with E-state index in [-0.39, 0.29) is 0 Å². The van der Waals surface area contributed by atoms with E-state index < -0.39 is 6.10 Å². The van der Waals surface area contributed by atoms with Crippen LogP contribution in [0.2, 0.25) is 0 Å². The Morgan fingerprint density at radius 3 is 3.05 bits per heavy atom. The molecule has 1 unspecified atom stereocenters. The summed E-state index contributed by atoms with van der Waals surface area (Å²) in [4.78, 5) is 4.14. The van der Waals surface area contributed by atoms with Gasteiger partial charge in [0.25, 0.3) is 0 Å². The van der Waals surface area contributed by atoms with Gasteiger partial charge >= 0.3 is 0 Å². The first kappa shape index (κ1) is 13.2. The molecule has 2 aromatic rings. The lowest BCUT2D eigenvalue weighted by Crippen LogP contribution is -2.08. The van der Waals surface area contributed by atoms with Crippen molar-refractivity contribution in [1.82, 2.24) is 9.55 Å². The minimum absolute atomic E-state index is 0.369. The molecule has 1 N–H and O–H groups in total. The molecule has 0 bridgehead atoms. The molecule has 4 nitrogen and oxygen atoms in total. The van der Waals surface area contributed by atoms with Gasteiger partial charge in [-0.25, -0.2) is 4.98 Å². The molecule has 0 saturated heterocycles. The molecule has 1 aromatic heterocycles. The van der Waals surface area contributed by atoms with Gasteiger partial charge in [0.2, 0.25) is 0 Å². The van der Waals surface area contributed by atoms with Crippen LogP contribution in [0.4, 0.5) is 0 Å². The molecular formula is C16H20N2O2. The van der Waals surface area contributed by atoms with E-state index in [1.807, 2.05) is 28.8 Å². The third-order valence-corrected chi connectivity index (χ3v) is 3.49. The molecule has 1 aliphatic carbocycles. The topological polar surface area (TPSA) is 47.3 Å². The fourth-order valence-electron chi connectivity index (χ4n) is 2.29. The lowest BCUT2D eigenvalue weighted by molar-refractivity contribution is 0.208. The van der Waals surface area contributed by atoms with Crippen molar-refractivity contribution in [2.45, 2.75) is 44.9 Å². The number of aryl methyl sites for hydroxylation is 1. The van der Waals surface area contributed by atoms with Gasteiger partial charge < -0.3 is 14.4 Å². The molecule has 4 heteroatoms. The molecule has 1 aromatic carbocycles. The van der Waals surface area contributed by atoms with Crippen LogP contribution >= 0.6 is 0 Å². The van der Waals surface area contributed by atoms with Crippen molar-refractivity contribution in [3.63, 3.8) is 0 Å². The molecule has 3 rings (SSSR count). The Bertz CT molecular complexity index is 575. The SMILES string of the molecule is CCCn1cncc1C(O)c1cccc(OC2CC2)c1. The number of nitrogens with zero attached hydrogens (tertiary/aromatic N) is 2. The molecule has 0 radical (unpaired) electrons. The van der Waals surface area contributed by atoms with E-state index in [1.165, 1.54) is 0 Å². The van der Waals surface area contributed by atoms with Gasteiger partial charge in [0.05, 0.1) is 24.3 Å². The number of benzene rings is 1. The second-order valence-electron chi connectivity index (χ2n) is 5.30. The summed E-state index contributed by atoms with van der Waals surface area (Å²) in [5.41, 5.74) is 1.68. The van der Waals surface area contributed by atoms with Crippen LogP contribution in [-0.4, -0.2) is 20.8 Å². The molecule has 0 amide bonds. The maximum Gasteiger partial charge on any atom is 0.121 e. The summed E-state index contributed by atoms with van der Waals surface area (Å²) < 4.78 is 7.78. The maximum absolute atomic E-state index is 10.5. The number of aliphatic hydroxyl groups is 1. The second kappa shape index (κ2) is 5.67. The first-order chi connectivity index (χ1) is 9.78. The maximum atomic E-state index is 10.5. The van der Waals surface area contributed by atoms with Crippen molar-refractivity contribution in [2.75, 3.05) is 0 Å². The van der Waals surface area contributed by atoms with Crippen LogP contribution in [0.15, 0.2) is 36.8 Å². The number of aromatic nitrogens is 2. The van der Waals surface area contributed by atoms with E-state index in [1.54, 1.807) is 12.5 Å². The van der Waals surface area contributed by atoms with Crippen molar-refractivity contribution < 1.29 is 9.84 Å². The zero-order chi connectivity index (χ0) is 13.9. The first-order valence-electron chi connectivity index (χ1n) is 7.22. The van der Waals surface area contributed by atoms with Crippen LogP contribution in [0.1, 0.15) is 43.5 Å². The lowest BCUT2D eigenvalue weighted by Gasteiger charge is -2.15. The zero-order valence-corrected chi connectivity index (χ0v) is 11.7. The quantitative estimate of drug-likeness (QED) is 0.879. The average molecular weight is 272 g/mol. The molecule has 106 valence electrons. The van der Waals surface area contributed by atoms with E-state index in [0.29, 0.717) is 6.10 Å². The summed E-state index contributed by atoms with van der Waals surface area (Å²) >= 11 is 0. The van der Waals surface area contributed by atoms with Crippen LogP contribution in [0, 0.1) is 0 Å². The van der Waals surface area contributed by atoms with Crippen molar-refractivity contribution in [3.8, 4) is 5.75 Å². The van der Waals surface area contributed by atoms with Gasteiger partial charge in [-0.2, -0.15) is 0 Å². The van der Waals surface area contributed by atoms with Crippen LogP contribution in [0.3, 0.4) is 0 Å². The fraction of sp³-hybridized carbons (Fsp3) is 0.438. The highest BCUT2D eigenvalue weighted by Gasteiger charge is 2.24. The molecule has 20 heavy (non-hydrogen) atoms. The Kier molecular flexibility index (Phi) is 3.74.